The topological polar surface area (TPSA) is 3.24 Å². The Balaban J connectivity index is 2.98. The standard InChI is InChI=1S/C11H17N/c1-9-7-6-8-10(12(9)5)11(2,3)4/h6-8H,1H2,2-5H3. The second-order valence-corrected chi connectivity index (χ2v) is 4.21. The maximum atomic E-state index is 3.96. The minimum Gasteiger partial charge on any atom is -0.348 e. The van der Waals surface area contributed by atoms with Gasteiger partial charge in [-0.1, -0.05) is 33.4 Å². The average molecular weight is 163 g/mol. The van der Waals surface area contributed by atoms with Crippen molar-refractivity contribution in [2.24, 2.45) is 5.41 Å². The van der Waals surface area contributed by atoms with Crippen LogP contribution < -0.4 is 0 Å². The molecular weight excluding hydrogens is 146 g/mol. The summed E-state index contributed by atoms with van der Waals surface area (Å²) in [6.07, 6.45) is 6.23. The number of rotatable bonds is 0. The van der Waals surface area contributed by atoms with Crippen LogP contribution in [0.1, 0.15) is 20.8 Å². The Kier molecular flexibility index (Phi) is 2.14. The van der Waals surface area contributed by atoms with Gasteiger partial charge in [-0.2, -0.15) is 0 Å². The zero-order chi connectivity index (χ0) is 9.35. The third-order valence-corrected chi connectivity index (χ3v) is 2.10. The van der Waals surface area contributed by atoms with Crippen LogP contribution in [0, 0.1) is 5.41 Å². The van der Waals surface area contributed by atoms with Crippen LogP contribution in [0.2, 0.25) is 0 Å². The molecule has 0 bridgehead atoms. The summed E-state index contributed by atoms with van der Waals surface area (Å²) in [5.74, 6) is 0. The molecule has 0 aromatic heterocycles. The highest BCUT2D eigenvalue weighted by molar-refractivity contribution is 5.32. The van der Waals surface area contributed by atoms with Crippen LogP contribution in [-0.2, 0) is 0 Å². The Labute approximate surface area is 75.1 Å². The highest BCUT2D eigenvalue weighted by Gasteiger charge is 2.22. The van der Waals surface area contributed by atoms with Gasteiger partial charge in [-0.15, -0.1) is 0 Å². The minimum atomic E-state index is 0.197. The molecule has 1 heteroatoms. The van der Waals surface area contributed by atoms with E-state index in [2.05, 4.69) is 51.4 Å². The molecule has 1 aliphatic rings. The third kappa shape index (κ3) is 1.60. The summed E-state index contributed by atoms with van der Waals surface area (Å²) in [6.45, 7) is 10.6. The molecule has 1 aliphatic heterocycles. The summed E-state index contributed by atoms with van der Waals surface area (Å²) < 4.78 is 0. The molecule has 0 radical (unpaired) electrons. The Hall–Kier alpha value is -0.980. The highest BCUT2D eigenvalue weighted by Crippen LogP contribution is 2.31. The maximum Gasteiger partial charge on any atom is 0.0332 e. The normalized spacial score (nSPS) is 18.2. The van der Waals surface area contributed by atoms with Crippen LogP contribution in [0.3, 0.4) is 0 Å². The molecule has 0 saturated carbocycles. The first kappa shape index (κ1) is 9.11. The van der Waals surface area contributed by atoms with Crippen molar-refractivity contribution < 1.29 is 0 Å². The van der Waals surface area contributed by atoms with E-state index in [4.69, 9.17) is 0 Å². The van der Waals surface area contributed by atoms with Crippen LogP contribution in [-0.4, -0.2) is 11.9 Å². The molecule has 0 aromatic carbocycles. The van der Waals surface area contributed by atoms with E-state index in [-0.39, 0.29) is 5.41 Å². The second kappa shape index (κ2) is 2.81. The molecule has 0 saturated heterocycles. The summed E-state index contributed by atoms with van der Waals surface area (Å²) in [7, 11) is 2.06. The molecule has 12 heavy (non-hydrogen) atoms. The van der Waals surface area contributed by atoms with E-state index in [0.29, 0.717) is 0 Å². The van der Waals surface area contributed by atoms with Crippen molar-refractivity contribution >= 4 is 0 Å². The Morgan fingerprint density at radius 2 is 1.92 bits per heavy atom. The van der Waals surface area contributed by atoms with Gasteiger partial charge in [-0.3, -0.25) is 0 Å². The molecule has 0 amide bonds. The number of allylic oxidation sites excluding steroid dienone is 4. The monoisotopic (exact) mass is 163 g/mol. The molecule has 0 aromatic rings. The lowest BCUT2D eigenvalue weighted by atomic mass is 9.89. The molecule has 0 N–H and O–H groups in total. The van der Waals surface area contributed by atoms with E-state index in [1.54, 1.807) is 0 Å². The van der Waals surface area contributed by atoms with Gasteiger partial charge in [0.05, 0.1) is 0 Å². The highest BCUT2D eigenvalue weighted by atomic mass is 15.1. The molecule has 0 aliphatic carbocycles. The predicted octanol–water partition coefficient (Wildman–Crippen LogP) is 2.93. The van der Waals surface area contributed by atoms with E-state index in [1.165, 1.54) is 5.70 Å². The van der Waals surface area contributed by atoms with Gasteiger partial charge < -0.3 is 4.90 Å². The number of hydrogen-bond donors (Lipinski definition) is 0. The molecule has 0 fully saturated rings. The lowest BCUT2D eigenvalue weighted by Crippen LogP contribution is -2.26. The first-order chi connectivity index (χ1) is 5.43. The summed E-state index contributed by atoms with van der Waals surface area (Å²) in [5.41, 5.74) is 2.57. The Morgan fingerprint density at radius 3 is 2.33 bits per heavy atom. The fourth-order valence-electron chi connectivity index (χ4n) is 1.38. The van der Waals surface area contributed by atoms with Crippen molar-refractivity contribution in [3.63, 3.8) is 0 Å². The zero-order valence-corrected chi connectivity index (χ0v) is 8.39. The van der Waals surface area contributed by atoms with Crippen molar-refractivity contribution in [1.29, 1.82) is 0 Å². The summed E-state index contributed by atoms with van der Waals surface area (Å²) in [5, 5.41) is 0. The van der Waals surface area contributed by atoms with E-state index in [0.717, 1.165) is 5.70 Å². The average Bonchev–Trinajstić information content (AvgIpc) is 1.92. The molecule has 0 spiro atoms. The van der Waals surface area contributed by atoms with Gasteiger partial charge in [0.1, 0.15) is 0 Å². The van der Waals surface area contributed by atoms with Crippen molar-refractivity contribution in [2.45, 2.75) is 20.8 Å². The first-order valence-electron chi connectivity index (χ1n) is 4.24. The van der Waals surface area contributed by atoms with Gasteiger partial charge in [-0.25, -0.2) is 0 Å². The molecule has 66 valence electrons. The molecule has 1 rings (SSSR count). The van der Waals surface area contributed by atoms with Gasteiger partial charge in [-0.05, 0) is 12.2 Å². The number of nitrogens with zero attached hydrogens (tertiary/aromatic N) is 1. The van der Waals surface area contributed by atoms with Gasteiger partial charge in [0.15, 0.2) is 0 Å². The SMILES string of the molecule is C=C1C=CC=C(C(C)(C)C)N1C. The Morgan fingerprint density at radius 1 is 1.33 bits per heavy atom. The van der Waals surface area contributed by atoms with Crippen LogP contribution in [0.25, 0.3) is 0 Å². The molecular formula is C11H17N. The smallest absolute Gasteiger partial charge is 0.0332 e. The first-order valence-corrected chi connectivity index (χ1v) is 4.24. The van der Waals surface area contributed by atoms with Gasteiger partial charge in [0.2, 0.25) is 0 Å². The largest absolute Gasteiger partial charge is 0.348 e. The lowest BCUT2D eigenvalue weighted by molar-refractivity contribution is 0.362. The van der Waals surface area contributed by atoms with Crippen LogP contribution in [0.4, 0.5) is 0 Å². The van der Waals surface area contributed by atoms with Crippen LogP contribution >= 0.6 is 0 Å². The van der Waals surface area contributed by atoms with E-state index in [9.17, 15) is 0 Å². The van der Waals surface area contributed by atoms with Crippen LogP contribution in [0.15, 0.2) is 36.2 Å². The van der Waals surface area contributed by atoms with E-state index in [1.807, 2.05) is 6.08 Å². The lowest BCUT2D eigenvalue weighted by Gasteiger charge is -2.34. The zero-order valence-electron chi connectivity index (χ0n) is 8.39. The molecule has 0 unspecified atom stereocenters. The van der Waals surface area contributed by atoms with E-state index >= 15 is 0 Å². The quantitative estimate of drug-likeness (QED) is 0.530. The summed E-state index contributed by atoms with van der Waals surface area (Å²) >= 11 is 0. The van der Waals surface area contributed by atoms with E-state index < -0.39 is 0 Å². The fraction of sp³-hybridized carbons (Fsp3) is 0.455. The molecule has 0 atom stereocenters. The second-order valence-electron chi connectivity index (χ2n) is 4.21. The van der Waals surface area contributed by atoms with Gasteiger partial charge in [0, 0.05) is 23.9 Å². The molecule has 1 heterocycles. The number of hydrogen-bond acceptors (Lipinski definition) is 1. The maximum absolute atomic E-state index is 3.96. The summed E-state index contributed by atoms with van der Waals surface area (Å²) in [4.78, 5) is 2.14. The summed E-state index contributed by atoms with van der Waals surface area (Å²) in [6, 6.07) is 0. The van der Waals surface area contributed by atoms with Crippen molar-refractivity contribution in [2.75, 3.05) is 7.05 Å². The molecule has 1 nitrogen and oxygen atoms in total. The van der Waals surface area contributed by atoms with Crippen molar-refractivity contribution in [1.82, 2.24) is 4.90 Å². The predicted molar refractivity (Wildman–Crippen MR) is 53.6 cm³/mol. The fourth-order valence-corrected chi connectivity index (χ4v) is 1.38. The number of likely N-dealkylation sites (N-methyl/N-ethyl adjacent to an activating group) is 1. The van der Waals surface area contributed by atoms with Crippen LogP contribution in [0.5, 0.6) is 0 Å². The van der Waals surface area contributed by atoms with Crippen molar-refractivity contribution in [3.05, 3.63) is 36.2 Å². The van der Waals surface area contributed by atoms with Crippen molar-refractivity contribution in [3.8, 4) is 0 Å². The van der Waals surface area contributed by atoms with Gasteiger partial charge >= 0.3 is 0 Å². The third-order valence-electron chi connectivity index (χ3n) is 2.10. The Bertz CT molecular complexity index is 251. The minimum absolute atomic E-state index is 0.197. The van der Waals surface area contributed by atoms with Gasteiger partial charge in [0.25, 0.3) is 0 Å².